The van der Waals surface area contributed by atoms with Crippen LogP contribution in [0.1, 0.15) is 26.2 Å². The molecule has 0 aromatic rings. The molecule has 23 heavy (non-hydrogen) atoms. The van der Waals surface area contributed by atoms with E-state index in [1.807, 2.05) is 0 Å². The summed E-state index contributed by atoms with van der Waals surface area (Å²) in [4.78, 5) is 7.44. The molecule has 0 spiro atoms. The highest BCUT2D eigenvalue weighted by Gasteiger charge is 2.31. The Morgan fingerprint density at radius 3 is 2.61 bits per heavy atom. The molecule has 6 nitrogen and oxygen atoms in total. The Kier molecular flexibility index (Phi) is 6.54. The molecule has 2 heterocycles. The van der Waals surface area contributed by atoms with Gasteiger partial charge in [0.25, 0.3) is 0 Å². The van der Waals surface area contributed by atoms with Crippen LogP contribution in [0.25, 0.3) is 0 Å². The molecule has 0 aromatic carbocycles. The van der Waals surface area contributed by atoms with Crippen LogP contribution in [0.5, 0.6) is 0 Å². The zero-order chi connectivity index (χ0) is 15.9. The van der Waals surface area contributed by atoms with Crippen LogP contribution in [-0.2, 0) is 9.47 Å². The zero-order valence-corrected chi connectivity index (χ0v) is 14.4. The quantitative estimate of drug-likeness (QED) is 0.533. The third kappa shape index (κ3) is 5.33. The van der Waals surface area contributed by atoms with Crippen molar-refractivity contribution in [3.63, 3.8) is 0 Å². The molecular formula is C17H32N4O2. The summed E-state index contributed by atoms with van der Waals surface area (Å²) in [6.45, 7) is 10.4. The SMILES string of the molecule is CCNC(=NCC(C1CCOC1)N1CCOCC1)NCC1CC1. The van der Waals surface area contributed by atoms with Crippen molar-refractivity contribution in [3.8, 4) is 0 Å². The fourth-order valence-corrected chi connectivity index (χ4v) is 3.42. The third-order valence-corrected chi connectivity index (χ3v) is 5.06. The monoisotopic (exact) mass is 324 g/mol. The maximum absolute atomic E-state index is 5.63. The van der Waals surface area contributed by atoms with E-state index in [-0.39, 0.29) is 0 Å². The van der Waals surface area contributed by atoms with Crippen molar-refractivity contribution in [2.75, 3.05) is 59.2 Å². The van der Waals surface area contributed by atoms with Crippen LogP contribution in [0.3, 0.4) is 0 Å². The van der Waals surface area contributed by atoms with E-state index in [0.717, 1.165) is 77.4 Å². The van der Waals surface area contributed by atoms with E-state index < -0.39 is 0 Å². The number of ether oxygens (including phenoxy) is 2. The predicted molar refractivity (Wildman–Crippen MR) is 91.8 cm³/mol. The zero-order valence-electron chi connectivity index (χ0n) is 14.4. The number of nitrogens with zero attached hydrogens (tertiary/aromatic N) is 2. The molecule has 0 amide bonds. The lowest BCUT2D eigenvalue weighted by Gasteiger charge is -2.36. The number of nitrogens with one attached hydrogen (secondary N) is 2. The molecule has 3 fully saturated rings. The molecule has 132 valence electrons. The van der Waals surface area contributed by atoms with Gasteiger partial charge in [-0.2, -0.15) is 0 Å². The van der Waals surface area contributed by atoms with Gasteiger partial charge in [-0.15, -0.1) is 0 Å². The third-order valence-electron chi connectivity index (χ3n) is 5.06. The second kappa shape index (κ2) is 8.85. The first-order chi connectivity index (χ1) is 11.4. The highest BCUT2D eigenvalue weighted by Crippen LogP contribution is 2.27. The number of morpholine rings is 1. The van der Waals surface area contributed by atoms with Gasteiger partial charge in [0, 0.05) is 44.7 Å². The smallest absolute Gasteiger partial charge is 0.191 e. The lowest BCUT2D eigenvalue weighted by molar-refractivity contribution is 0.00368. The van der Waals surface area contributed by atoms with Gasteiger partial charge < -0.3 is 20.1 Å². The Morgan fingerprint density at radius 1 is 1.13 bits per heavy atom. The summed E-state index contributed by atoms with van der Waals surface area (Å²) in [6, 6.07) is 0.470. The number of guanidine groups is 1. The van der Waals surface area contributed by atoms with Crippen molar-refractivity contribution < 1.29 is 9.47 Å². The van der Waals surface area contributed by atoms with Crippen molar-refractivity contribution in [2.45, 2.75) is 32.2 Å². The van der Waals surface area contributed by atoms with Gasteiger partial charge in [-0.05, 0) is 32.1 Å². The lowest BCUT2D eigenvalue weighted by Crippen LogP contribution is -2.49. The Labute approximate surface area is 140 Å². The van der Waals surface area contributed by atoms with Crippen LogP contribution < -0.4 is 10.6 Å². The molecule has 1 saturated carbocycles. The average molecular weight is 324 g/mol. The van der Waals surface area contributed by atoms with Crippen LogP contribution in [0.2, 0.25) is 0 Å². The van der Waals surface area contributed by atoms with Gasteiger partial charge >= 0.3 is 0 Å². The van der Waals surface area contributed by atoms with Crippen molar-refractivity contribution in [1.82, 2.24) is 15.5 Å². The summed E-state index contributed by atoms with van der Waals surface area (Å²) in [5, 5.41) is 6.87. The summed E-state index contributed by atoms with van der Waals surface area (Å²) in [5.41, 5.74) is 0. The molecule has 6 heteroatoms. The van der Waals surface area contributed by atoms with E-state index >= 15 is 0 Å². The van der Waals surface area contributed by atoms with Crippen LogP contribution in [0.15, 0.2) is 4.99 Å². The molecular weight excluding hydrogens is 292 g/mol. The fraction of sp³-hybridized carbons (Fsp3) is 0.941. The Hall–Kier alpha value is -0.850. The molecule has 3 aliphatic rings. The molecule has 2 atom stereocenters. The minimum Gasteiger partial charge on any atom is -0.381 e. The van der Waals surface area contributed by atoms with E-state index in [9.17, 15) is 0 Å². The number of hydrogen-bond acceptors (Lipinski definition) is 4. The van der Waals surface area contributed by atoms with Crippen LogP contribution >= 0.6 is 0 Å². The minimum absolute atomic E-state index is 0.470. The number of aliphatic imine (C=N–C) groups is 1. The average Bonchev–Trinajstić information content (AvgIpc) is 3.26. The second-order valence-corrected chi connectivity index (χ2v) is 6.88. The Morgan fingerprint density at radius 2 is 1.96 bits per heavy atom. The molecule has 2 aliphatic heterocycles. The summed E-state index contributed by atoms with van der Waals surface area (Å²) in [7, 11) is 0. The molecule has 2 N–H and O–H groups in total. The Balaban J connectivity index is 1.58. The first kappa shape index (κ1) is 17.0. The van der Waals surface area contributed by atoms with Gasteiger partial charge in [0.1, 0.15) is 0 Å². The highest BCUT2D eigenvalue weighted by molar-refractivity contribution is 5.79. The number of rotatable bonds is 7. The standard InChI is InChI=1S/C17H32N4O2/c1-2-18-17(19-11-14-3-4-14)20-12-16(15-5-8-23-13-15)21-6-9-22-10-7-21/h14-16H,2-13H2,1H3,(H2,18,19,20). The first-order valence-electron chi connectivity index (χ1n) is 9.28. The van der Waals surface area contributed by atoms with Crippen LogP contribution in [0.4, 0.5) is 0 Å². The van der Waals surface area contributed by atoms with E-state index in [0.29, 0.717) is 12.0 Å². The maximum atomic E-state index is 5.63. The van der Waals surface area contributed by atoms with Gasteiger partial charge in [-0.3, -0.25) is 9.89 Å². The van der Waals surface area contributed by atoms with Crippen molar-refractivity contribution in [3.05, 3.63) is 0 Å². The van der Waals surface area contributed by atoms with Crippen LogP contribution in [0, 0.1) is 11.8 Å². The topological polar surface area (TPSA) is 58.1 Å². The summed E-state index contributed by atoms with van der Waals surface area (Å²) in [6.07, 6.45) is 3.88. The van der Waals surface area contributed by atoms with Crippen LogP contribution in [-0.4, -0.2) is 76.1 Å². The minimum atomic E-state index is 0.470. The molecule has 0 aromatic heterocycles. The Bertz CT molecular complexity index is 375. The lowest BCUT2D eigenvalue weighted by atomic mass is 9.97. The van der Waals surface area contributed by atoms with Crippen molar-refractivity contribution in [2.24, 2.45) is 16.8 Å². The molecule has 2 saturated heterocycles. The first-order valence-corrected chi connectivity index (χ1v) is 9.28. The van der Waals surface area contributed by atoms with E-state index in [2.05, 4.69) is 22.5 Å². The number of hydrogen-bond donors (Lipinski definition) is 2. The summed E-state index contributed by atoms with van der Waals surface area (Å²) < 4.78 is 11.1. The van der Waals surface area contributed by atoms with Crippen molar-refractivity contribution >= 4 is 5.96 Å². The summed E-state index contributed by atoms with van der Waals surface area (Å²) >= 11 is 0. The fourth-order valence-electron chi connectivity index (χ4n) is 3.42. The van der Waals surface area contributed by atoms with Gasteiger partial charge in [-0.1, -0.05) is 0 Å². The largest absolute Gasteiger partial charge is 0.381 e. The highest BCUT2D eigenvalue weighted by atomic mass is 16.5. The molecule has 0 radical (unpaired) electrons. The van der Waals surface area contributed by atoms with Gasteiger partial charge in [-0.25, -0.2) is 0 Å². The van der Waals surface area contributed by atoms with Gasteiger partial charge in [0.15, 0.2) is 5.96 Å². The second-order valence-electron chi connectivity index (χ2n) is 6.88. The van der Waals surface area contributed by atoms with E-state index in [1.165, 1.54) is 12.8 Å². The predicted octanol–water partition coefficient (Wildman–Crippen LogP) is 0.689. The van der Waals surface area contributed by atoms with Gasteiger partial charge in [0.2, 0.25) is 0 Å². The molecule has 1 aliphatic carbocycles. The molecule has 0 bridgehead atoms. The molecule has 3 rings (SSSR count). The van der Waals surface area contributed by atoms with Gasteiger partial charge in [0.05, 0.1) is 26.4 Å². The normalized spacial score (nSPS) is 27.9. The van der Waals surface area contributed by atoms with E-state index in [4.69, 9.17) is 14.5 Å². The molecule has 2 unspecified atom stereocenters. The maximum Gasteiger partial charge on any atom is 0.191 e. The summed E-state index contributed by atoms with van der Waals surface area (Å²) in [5.74, 6) is 2.43. The van der Waals surface area contributed by atoms with Crippen molar-refractivity contribution in [1.29, 1.82) is 0 Å². The van der Waals surface area contributed by atoms with E-state index in [1.54, 1.807) is 0 Å².